The van der Waals surface area contributed by atoms with Crippen molar-refractivity contribution < 1.29 is 0 Å². The van der Waals surface area contributed by atoms with Gasteiger partial charge in [-0.15, -0.1) is 0 Å². The third kappa shape index (κ3) is 5.84. The van der Waals surface area contributed by atoms with Crippen LogP contribution in [0.25, 0.3) is 0 Å². The molecule has 0 aliphatic carbocycles. The van der Waals surface area contributed by atoms with Crippen molar-refractivity contribution in [3.63, 3.8) is 0 Å². The molecule has 1 aliphatic heterocycles. The minimum absolute atomic E-state index is 0.722. The summed E-state index contributed by atoms with van der Waals surface area (Å²) in [4.78, 5) is 5.00. The molecule has 0 spiro atoms. The monoisotopic (exact) mass is 241 g/mol. The van der Waals surface area contributed by atoms with Gasteiger partial charge in [-0.05, 0) is 65.8 Å². The molecule has 0 radical (unpaired) electrons. The number of nitrogens with one attached hydrogen (secondary N) is 1. The molecule has 0 aromatic carbocycles. The average molecular weight is 241 g/mol. The van der Waals surface area contributed by atoms with Crippen LogP contribution in [0.5, 0.6) is 0 Å². The Labute approximate surface area is 108 Å². The first-order valence-corrected chi connectivity index (χ1v) is 7.23. The fraction of sp³-hybridized carbons (Fsp3) is 1.00. The van der Waals surface area contributed by atoms with E-state index < -0.39 is 0 Å². The van der Waals surface area contributed by atoms with Crippen molar-refractivity contribution in [3.8, 4) is 0 Å². The Morgan fingerprint density at radius 2 is 2.24 bits per heavy atom. The van der Waals surface area contributed by atoms with Crippen LogP contribution in [0.4, 0.5) is 0 Å². The van der Waals surface area contributed by atoms with Crippen LogP contribution in [0.15, 0.2) is 0 Å². The highest BCUT2D eigenvalue weighted by Crippen LogP contribution is 2.17. The number of likely N-dealkylation sites (tertiary alicyclic amines) is 1. The highest BCUT2D eigenvalue weighted by molar-refractivity contribution is 4.77. The van der Waals surface area contributed by atoms with Gasteiger partial charge in [0.1, 0.15) is 0 Å². The van der Waals surface area contributed by atoms with E-state index in [-0.39, 0.29) is 0 Å². The van der Waals surface area contributed by atoms with E-state index in [2.05, 4.69) is 43.1 Å². The first kappa shape index (κ1) is 14.9. The molecule has 1 heterocycles. The molecule has 3 nitrogen and oxygen atoms in total. The van der Waals surface area contributed by atoms with Crippen molar-refractivity contribution in [3.05, 3.63) is 0 Å². The number of rotatable bonds is 8. The molecule has 0 aromatic rings. The van der Waals surface area contributed by atoms with Crippen LogP contribution in [0.2, 0.25) is 0 Å². The van der Waals surface area contributed by atoms with Crippen LogP contribution in [0.3, 0.4) is 0 Å². The van der Waals surface area contributed by atoms with Gasteiger partial charge in [-0.25, -0.2) is 0 Å². The SMILES string of the molecule is CCNCCCC(C)N(C)CC1CCN(C)C1. The maximum atomic E-state index is 3.40. The van der Waals surface area contributed by atoms with Crippen molar-refractivity contribution in [2.45, 2.75) is 39.2 Å². The van der Waals surface area contributed by atoms with Gasteiger partial charge in [0.05, 0.1) is 0 Å². The zero-order valence-corrected chi connectivity index (χ0v) is 12.2. The van der Waals surface area contributed by atoms with Crippen LogP contribution < -0.4 is 5.32 Å². The molecular formula is C14H31N3. The maximum absolute atomic E-state index is 3.40. The normalized spacial score (nSPS) is 23.5. The van der Waals surface area contributed by atoms with E-state index in [1.54, 1.807) is 0 Å². The van der Waals surface area contributed by atoms with Crippen molar-refractivity contribution >= 4 is 0 Å². The van der Waals surface area contributed by atoms with E-state index in [0.29, 0.717) is 0 Å². The highest BCUT2D eigenvalue weighted by Gasteiger charge is 2.22. The van der Waals surface area contributed by atoms with Gasteiger partial charge in [-0.3, -0.25) is 0 Å². The number of hydrogen-bond acceptors (Lipinski definition) is 3. The Kier molecular flexibility index (Phi) is 7.09. The second-order valence-corrected chi connectivity index (χ2v) is 5.70. The zero-order chi connectivity index (χ0) is 12.7. The molecule has 0 amide bonds. The zero-order valence-electron chi connectivity index (χ0n) is 12.2. The van der Waals surface area contributed by atoms with Crippen LogP contribution in [-0.4, -0.2) is 62.7 Å². The Morgan fingerprint density at radius 3 is 2.82 bits per heavy atom. The summed E-state index contributed by atoms with van der Waals surface area (Å²) >= 11 is 0. The van der Waals surface area contributed by atoms with Gasteiger partial charge in [0.25, 0.3) is 0 Å². The molecule has 1 saturated heterocycles. The Hall–Kier alpha value is -0.120. The minimum Gasteiger partial charge on any atom is -0.317 e. The van der Waals surface area contributed by atoms with E-state index in [9.17, 15) is 0 Å². The predicted octanol–water partition coefficient (Wildman–Crippen LogP) is 1.65. The molecule has 0 aromatic heterocycles. The number of nitrogens with zero attached hydrogens (tertiary/aromatic N) is 2. The van der Waals surface area contributed by atoms with E-state index in [0.717, 1.165) is 18.5 Å². The first-order chi connectivity index (χ1) is 8.13. The predicted molar refractivity (Wildman–Crippen MR) is 75.5 cm³/mol. The molecule has 2 unspecified atom stereocenters. The van der Waals surface area contributed by atoms with Crippen molar-refractivity contribution in [2.24, 2.45) is 5.92 Å². The summed E-state index contributed by atoms with van der Waals surface area (Å²) in [5.41, 5.74) is 0. The first-order valence-electron chi connectivity index (χ1n) is 7.23. The summed E-state index contributed by atoms with van der Waals surface area (Å²) in [6.45, 7) is 10.6. The van der Waals surface area contributed by atoms with E-state index in [1.165, 1.54) is 45.4 Å². The van der Waals surface area contributed by atoms with Crippen LogP contribution >= 0.6 is 0 Å². The standard InChI is InChI=1S/C14H31N3/c1-5-15-9-6-7-13(2)17(4)12-14-8-10-16(3)11-14/h13-15H,5-12H2,1-4H3. The van der Waals surface area contributed by atoms with E-state index in [1.807, 2.05) is 0 Å². The molecular weight excluding hydrogens is 210 g/mol. The van der Waals surface area contributed by atoms with Gasteiger partial charge in [0.2, 0.25) is 0 Å². The lowest BCUT2D eigenvalue weighted by Crippen LogP contribution is -2.35. The lowest BCUT2D eigenvalue weighted by molar-refractivity contribution is 0.207. The summed E-state index contributed by atoms with van der Waals surface area (Å²) in [5.74, 6) is 0.890. The summed E-state index contributed by atoms with van der Waals surface area (Å²) < 4.78 is 0. The van der Waals surface area contributed by atoms with Crippen LogP contribution in [-0.2, 0) is 0 Å². The van der Waals surface area contributed by atoms with Gasteiger partial charge < -0.3 is 15.1 Å². The molecule has 3 heteroatoms. The van der Waals surface area contributed by atoms with Gasteiger partial charge in [-0.2, -0.15) is 0 Å². The minimum atomic E-state index is 0.722. The summed E-state index contributed by atoms with van der Waals surface area (Å²) in [6, 6.07) is 0.722. The van der Waals surface area contributed by atoms with Gasteiger partial charge >= 0.3 is 0 Å². The maximum Gasteiger partial charge on any atom is 0.00644 e. The van der Waals surface area contributed by atoms with Crippen molar-refractivity contribution in [1.82, 2.24) is 15.1 Å². The molecule has 1 N–H and O–H groups in total. The van der Waals surface area contributed by atoms with Gasteiger partial charge in [-0.1, -0.05) is 6.92 Å². The van der Waals surface area contributed by atoms with Crippen LogP contribution in [0, 0.1) is 5.92 Å². The molecule has 0 saturated carbocycles. The molecule has 17 heavy (non-hydrogen) atoms. The van der Waals surface area contributed by atoms with Gasteiger partial charge in [0.15, 0.2) is 0 Å². The molecule has 2 atom stereocenters. The third-order valence-electron chi connectivity index (χ3n) is 4.01. The Bertz CT molecular complexity index is 196. The topological polar surface area (TPSA) is 18.5 Å². The van der Waals surface area contributed by atoms with E-state index >= 15 is 0 Å². The van der Waals surface area contributed by atoms with E-state index in [4.69, 9.17) is 0 Å². The molecule has 1 rings (SSSR count). The van der Waals surface area contributed by atoms with Crippen LogP contribution in [0.1, 0.15) is 33.1 Å². The van der Waals surface area contributed by atoms with Crippen molar-refractivity contribution in [1.29, 1.82) is 0 Å². The molecule has 102 valence electrons. The summed E-state index contributed by atoms with van der Waals surface area (Å²) in [5, 5.41) is 3.40. The third-order valence-corrected chi connectivity index (χ3v) is 4.01. The Balaban J connectivity index is 2.11. The fourth-order valence-electron chi connectivity index (χ4n) is 2.68. The smallest absolute Gasteiger partial charge is 0.00644 e. The quantitative estimate of drug-likeness (QED) is 0.652. The summed E-state index contributed by atoms with van der Waals surface area (Å²) in [7, 11) is 4.52. The lowest BCUT2D eigenvalue weighted by atomic mass is 10.1. The molecule has 1 aliphatic rings. The van der Waals surface area contributed by atoms with Crippen molar-refractivity contribution in [2.75, 3.05) is 46.8 Å². The number of hydrogen-bond donors (Lipinski definition) is 1. The average Bonchev–Trinajstić information content (AvgIpc) is 2.70. The lowest BCUT2D eigenvalue weighted by Gasteiger charge is -2.27. The largest absolute Gasteiger partial charge is 0.317 e. The second kappa shape index (κ2) is 8.06. The fourth-order valence-corrected chi connectivity index (χ4v) is 2.68. The summed E-state index contributed by atoms with van der Waals surface area (Å²) in [6.07, 6.45) is 3.99. The molecule has 0 bridgehead atoms. The highest BCUT2D eigenvalue weighted by atomic mass is 15.2. The Morgan fingerprint density at radius 1 is 1.47 bits per heavy atom. The molecule has 1 fully saturated rings. The van der Waals surface area contributed by atoms with Gasteiger partial charge in [0, 0.05) is 19.1 Å². The second-order valence-electron chi connectivity index (χ2n) is 5.70.